The number of nitrogens with zero attached hydrogens (tertiary/aromatic N) is 1. The second-order valence-electron chi connectivity index (χ2n) is 7.80. The largest absolute Gasteiger partial charge is 0.352 e. The number of hydrogen-bond donors (Lipinski definition) is 1. The summed E-state index contributed by atoms with van der Waals surface area (Å²) in [7, 11) is -3.30. The van der Waals surface area contributed by atoms with Crippen molar-refractivity contribution in [2.75, 3.05) is 18.8 Å². The van der Waals surface area contributed by atoms with Crippen molar-refractivity contribution >= 4 is 21.7 Å². The van der Waals surface area contributed by atoms with Gasteiger partial charge in [0.05, 0.1) is 10.6 Å². The summed E-state index contributed by atoms with van der Waals surface area (Å²) in [6, 6.07) is 10.9. The first-order valence-electron chi connectivity index (χ1n) is 10.4. The normalized spacial score (nSPS) is 15.0. The molecule has 0 aliphatic carbocycles. The van der Waals surface area contributed by atoms with E-state index in [4.69, 9.17) is 0 Å². The highest BCUT2D eigenvalue weighted by Crippen LogP contribution is 2.21. The Morgan fingerprint density at radius 3 is 2.32 bits per heavy atom. The molecule has 1 heterocycles. The minimum absolute atomic E-state index is 0.00866. The molecule has 0 aromatic heterocycles. The van der Waals surface area contributed by atoms with Gasteiger partial charge in [-0.05, 0) is 61.2 Å². The molecule has 1 N–H and O–H groups in total. The first-order valence-corrected chi connectivity index (χ1v) is 12.0. The van der Waals surface area contributed by atoms with Crippen molar-refractivity contribution in [1.29, 1.82) is 0 Å². The van der Waals surface area contributed by atoms with Crippen LogP contribution < -0.4 is 5.32 Å². The first kappa shape index (κ1) is 22.9. The summed E-state index contributed by atoms with van der Waals surface area (Å²) in [4.78, 5) is 27.1. The van der Waals surface area contributed by atoms with Crippen LogP contribution in [0.4, 0.5) is 4.39 Å². The molecule has 2 amide bonds. The molecule has 0 radical (unpaired) electrons. The Kier molecular flexibility index (Phi) is 7.10. The zero-order chi connectivity index (χ0) is 22.6. The van der Waals surface area contributed by atoms with Crippen molar-refractivity contribution in [2.45, 2.75) is 38.1 Å². The molecule has 166 valence electrons. The van der Waals surface area contributed by atoms with Crippen molar-refractivity contribution in [3.63, 3.8) is 0 Å². The van der Waals surface area contributed by atoms with Gasteiger partial charge in [0.15, 0.2) is 9.84 Å². The number of aryl methyl sites for hydroxylation is 1. The number of halogens is 1. The molecule has 2 aromatic rings. The Morgan fingerprint density at radius 1 is 1.10 bits per heavy atom. The van der Waals surface area contributed by atoms with E-state index in [1.165, 1.54) is 30.3 Å². The number of hydrogen-bond acceptors (Lipinski definition) is 4. The van der Waals surface area contributed by atoms with E-state index in [2.05, 4.69) is 5.32 Å². The van der Waals surface area contributed by atoms with E-state index in [0.717, 1.165) is 0 Å². The molecule has 8 heteroatoms. The highest BCUT2D eigenvalue weighted by Gasteiger charge is 2.28. The van der Waals surface area contributed by atoms with Gasteiger partial charge >= 0.3 is 0 Å². The summed E-state index contributed by atoms with van der Waals surface area (Å²) in [6.07, 6.45) is 1.09. The van der Waals surface area contributed by atoms with Crippen LogP contribution in [-0.4, -0.2) is 44.0 Å². The molecule has 3 rings (SSSR count). The number of carbonyl (C=O) groups is 2. The van der Waals surface area contributed by atoms with Crippen LogP contribution in [0, 0.1) is 18.7 Å². The van der Waals surface area contributed by atoms with Crippen LogP contribution >= 0.6 is 0 Å². The van der Waals surface area contributed by atoms with Crippen LogP contribution in [0.1, 0.15) is 41.3 Å². The van der Waals surface area contributed by atoms with Gasteiger partial charge in [0.25, 0.3) is 5.91 Å². The van der Waals surface area contributed by atoms with Crippen molar-refractivity contribution in [2.24, 2.45) is 5.92 Å². The maximum absolute atomic E-state index is 13.6. The third-order valence-electron chi connectivity index (χ3n) is 5.70. The number of carbonyl (C=O) groups excluding carboxylic acids is 2. The number of piperidine rings is 1. The molecule has 0 unspecified atom stereocenters. The number of likely N-dealkylation sites (tertiary alicyclic amines) is 1. The van der Waals surface area contributed by atoms with Crippen LogP contribution in [0.25, 0.3) is 0 Å². The summed E-state index contributed by atoms with van der Waals surface area (Å²) >= 11 is 0. The van der Waals surface area contributed by atoms with E-state index in [1.54, 1.807) is 30.9 Å². The number of sulfone groups is 1. The molecule has 1 saturated heterocycles. The number of rotatable bonds is 6. The predicted octanol–water partition coefficient (Wildman–Crippen LogP) is 3.10. The van der Waals surface area contributed by atoms with Gasteiger partial charge in [-0.3, -0.25) is 9.59 Å². The summed E-state index contributed by atoms with van der Waals surface area (Å²) in [6.45, 7) is 4.43. The molecule has 31 heavy (non-hydrogen) atoms. The van der Waals surface area contributed by atoms with Gasteiger partial charge in [-0.2, -0.15) is 0 Å². The molecule has 6 nitrogen and oxygen atoms in total. The second-order valence-corrected chi connectivity index (χ2v) is 10.1. The lowest BCUT2D eigenvalue weighted by atomic mass is 9.95. The van der Waals surface area contributed by atoms with E-state index in [0.29, 0.717) is 42.6 Å². The summed E-state index contributed by atoms with van der Waals surface area (Å²) in [5.74, 6) is -0.749. The molecule has 0 saturated carbocycles. The third kappa shape index (κ3) is 5.50. The standard InChI is InChI=1S/C23H27FN2O4S/c1-3-31(29,30)20-8-6-19(7-9-20)23(28)26-12-10-18(11-13-26)22(27)25-15-17-5-4-16(2)21(24)14-17/h4-9,14,18H,3,10-13,15H2,1-2H3,(H,25,27). The highest BCUT2D eigenvalue weighted by atomic mass is 32.2. The fourth-order valence-electron chi connectivity index (χ4n) is 3.58. The molecule has 0 spiro atoms. The number of nitrogens with one attached hydrogen (secondary N) is 1. The summed E-state index contributed by atoms with van der Waals surface area (Å²) < 4.78 is 37.4. The number of amides is 2. The Balaban J connectivity index is 1.52. The fraction of sp³-hybridized carbons (Fsp3) is 0.391. The minimum Gasteiger partial charge on any atom is -0.352 e. The van der Waals surface area contributed by atoms with Crippen molar-refractivity contribution < 1.29 is 22.4 Å². The summed E-state index contributed by atoms with van der Waals surface area (Å²) in [5, 5.41) is 2.85. The molecule has 2 aromatic carbocycles. The van der Waals surface area contributed by atoms with Gasteiger partial charge in [0, 0.05) is 31.1 Å². The van der Waals surface area contributed by atoms with Gasteiger partial charge in [0.2, 0.25) is 5.91 Å². The van der Waals surface area contributed by atoms with E-state index in [9.17, 15) is 22.4 Å². The second kappa shape index (κ2) is 9.60. The van der Waals surface area contributed by atoms with Gasteiger partial charge in [-0.15, -0.1) is 0 Å². The van der Waals surface area contributed by atoms with E-state index < -0.39 is 9.84 Å². The van der Waals surface area contributed by atoms with Crippen LogP contribution in [0.2, 0.25) is 0 Å². The van der Waals surface area contributed by atoms with E-state index in [-0.39, 0.29) is 40.7 Å². The Bertz CT molecular complexity index is 1060. The van der Waals surface area contributed by atoms with Crippen LogP contribution in [0.3, 0.4) is 0 Å². The van der Waals surface area contributed by atoms with Crippen LogP contribution in [0.15, 0.2) is 47.4 Å². The van der Waals surface area contributed by atoms with Crippen LogP contribution in [0.5, 0.6) is 0 Å². The average molecular weight is 447 g/mol. The van der Waals surface area contributed by atoms with E-state index in [1.807, 2.05) is 0 Å². The molecule has 1 fully saturated rings. The Morgan fingerprint density at radius 2 is 1.74 bits per heavy atom. The van der Waals surface area contributed by atoms with Crippen molar-refractivity contribution in [1.82, 2.24) is 10.2 Å². The smallest absolute Gasteiger partial charge is 0.253 e. The third-order valence-corrected chi connectivity index (χ3v) is 7.45. The quantitative estimate of drug-likeness (QED) is 0.739. The summed E-state index contributed by atoms with van der Waals surface area (Å²) in [5.41, 5.74) is 1.70. The maximum Gasteiger partial charge on any atom is 0.253 e. The molecule has 1 aliphatic heterocycles. The van der Waals surface area contributed by atoms with Gasteiger partial charge in [-0.1, -0.05) is 19.1 Å². The molecule has 1 aliphatic rings. The molecule has 0 bridgehead atoms. The lowest BCUT2D eigenvalue weighted by molar-refractivity contribution is -0.126. The van der Waals surface area contributed by atoms with E-state index >= 15 is 0 Å². The zero-order valence-corrected chi connectivity index (χ0v) is 18.5. The minimum atomic E-state index is -3.30. The van der Waals surface area contributed by atoms with Gasteiger partial charge < -0.3 is 10.2 Å². The van der Waals surface area contributed by atoms with Gasteiger partial charge in [0.1, 0.15) is 5.82 Å². The first-order chi connectivity index (χ1) is 14.7. The Labute approximate surface area is 182 Å². The van der Waals surface area contributed by atoms with Gasteiger partial charge in [-0.25, -0.2) is 12.8 Å². The van der Waals surface area contributed by atoms with Crippen LogP contribution in [-0.2, 0) is 21.2 Å². The lowest BCUT2D eigenvalue weighted by Gasteiger charge is -2.31. The average Bonchev–Trinajstić information content (AvgIpc) is 2.79. The monoisotopic (exact) mass is 446 g/mol. The highest BCUT2D eigenvalue weighted by molar-refractivity contribution is 7.91. The molecular formula is C23H27FN2O4S. The van der Waals surface area contributed by atoms with Crippen molar-refractivity contribution in [3.05, 3.63) is 65.0 Å². The molecule has 0 atom stereocenters. The topological polar surface area (TPSA) is 83.6 Å². The Hall–Kier alpha value is -2.74. The lowest BCUT2D eigenvalue weighted by Crippen LogP contribution is -2.42. The maximum atomic E-state index is 13.6. The molecular weight excluding hydrogens is 419 g/mol. The zero-order valence-electron chi connectivity index (χ0n) is 17.7. The van der Waals surface area contributed by atoms with Crippen molar-refractivity contribution in [3.8, 4) is 0 Å². The predicted molar refractivity (Wildman–Crippen MR) is 116 cm³/mol. The number of benzene rings is 2. The SMILES string of the molecule is CCS(=O)(=O)c1ccc(C(=O)N2CCC(C(=O)NCc3ccc(C)c(F)c3)CC2)cc1. The fourth-order valence-corrected chi connectivity index (χ4v) is 4.46.